The fraction of sp³-hybridized carbons (Fsp3) is 0.182. The van der Waals surface area contributed by atoms with Crippen molar-refractivity contribution in [2.45, 2.75) is 12.8 Å². The fourth-order valence-electron chi connectivity index (χ4n) is 1.58. The lowest BCUT2D eigenvalue weighted by Crippen LogP contribution is -2.32. The van der Waals surface area contributed by atoms with Crippen molar-refractivity contribution in [2.24, 2.45) is 0 Å². The lowest BCUT2D eigenvalue weighted by molar-refractivity contribution is -0.305. The number of aliphatic carboxylic acids is 1. The lowest BCUT2D eigenvalue weighted by Gasteiger charge is -2.08. The van der Waals surface area contributed by atoms with Gasteiger partial charge in [0.15, 0.2) is 0 Å². The van der Waals surface area contributed by atoms with Gasteiger partial charge in [-0.3, -0.25) is 4.79 Å². The van der Waals surface area contributed by atoms with Crippen LogP contribution < -0.4 is 16.5 Å². The van der Waals surface area contributed by atoms with Crippen LogP contribution in [0.3, 0.4) is 0 Å². The van der Waals surface area contributed by atoms with Crippen LogP contribution in [0.25, 0.3) is 10.9 Å². The third kappa shape index (κ3) is 2.10. The van der Waals surface area contributed by atoms with Crippen LogP contribution >= 0.6 is 0 Å². The summed E-state index contributed by atoms with van der Waals surface area (Å²) in [5.74, 6) is 4.60. The monoisotopic (exact) mass is 232 g/mol. The van der Waals surface area contributed by atoms with Crippen LogP contribution in [0.4, 0.5) is 0 Å². The highest BCUT2D eigenvalue weighted by Gasteiger charge is 2.07. The molecule has 17 heavy (non-hydrogen) atoms. The van der Waals surface area contributed by atoms with Gasteiger partial charge in [-0.25, -0.2) is 9.66 Å². The highest BCUT2D eigenvalue weighted by atomic mass is 16.4. The standard InChI is InChI=1S/C11H11N3O3/c12-14-9(5-6-10(15)16)13-8-4-2-1-3-7(8)11(14)17/h1-4H,5-6,12H2,(H,15,16)/p-1. The van der Waals surface area contributed by atoms with Gasteiger partial charge < -0.3 is 15.7 Å². The Bertz CT molecular complexity index is 633. The molecule has 0 aliphatic carbocycles. The third-order valence-electron chi connectivity index (χ3n) is 2.43. The van der Waals surface area contributed by atoms with Crippen molar-refractivity contribution in [3.8, 4) is 0 Å². The van der Waals surface area contributed by atoms with E-state index in [1.54, 1.807) is 24.3 Å². The van der Waals surface area contributed by atoms with Crippen molar-refractivity contribution >= 4 is 16.9 Å². The number of nitrogen functional groups attached to an aromatic ring is 1. The molecule has 1 aromatic carbocycles. The Hall–Kier alpha value is -2.37. The van der Waals surface area contributed by atoms with E-state index in [4.69, 9.17) is 5.84 Å². The van der Waals surface area contributed by atoms with Crippen molar-refractivity contribution in [3.05, 3.63) is 40.4 Å². The molecular weight excluding hydrogens is 222 g/mol. The van der Waals surface area contributed by atoms with Gasteiger partial charge in [0, 0.05) is 12.4 Å². The molecule has 0 spiro atoms. The maximum atomic E-state index is 11.8. The fourth-order valence-corrected chi connectivity index (χ4v) is 1.58. The van der Waals surface area contributed by atoms with Crippen molar-refractivity contribution in [2.75, 3.05) is 5.84 Å². The minimum atomic E-state index is -1.20. The van der Waals surface area contributed by atoms with E-state index in [1.807, 2.05) is 0 Å². The first kappa shape index (κ1) is 11.1. The SMILES string of the molecule is Nn1c(CCC(=O)[O-])nc2ccccc2c1=O. The number of carbonyl (C=O) groups excluding carboxylic acids is 1. The van der Waals surface area contributed by atoms with E-state index in [-0.39, 0.29) is 24.2 Å². The smallest absolute Gasteiger partial charge is 0.279 e. The van der Waals surface area contributed by atoms with Crippen LogP contribution in [-0.2, 0) is 11.2 Å². The molecule has 0 aliphatic rings. The molecule has 6 nitrogen and oxygen atoms in total. The molecule has 88 valence electrons. The first-order valence-corrected chi connectivity index (χ1v) is 5.05. The van der Waals surface area contributed by atoms with E-state index >= 15 is 0 Å². The number of aromatic nitrogens is 2. The van der Waals surface area contributed by atoms with E-state index in [1.165, 1.54) is 0 Å². The summed E-state index contributed by atoms with van der Waals surface area (Å²) in [6.07, 6.45) is -0.152. The van der Waals surface area contributed by atoms with Gasteiger partial charge in [-0.05, 0) is 18.6 Å². The van der Waals surface area contributed by atoms with Gasteiger partial charge >= 0.3 is 0 Å². The number of nitrogens with two attached hydrogens (primary N) is 1. The van der Waals surface area contributed by atoms with E-state index < -0.39 is 5.97 Å². The zero-order chi connectivity index (χ0) is 12.4. The molecule has 1 aromatic heterocycles. The quantitative estimate of drug-likeness (QED) is 0.669. The average Bonchev–Trinajstić information content (AvgIpc) is 2.32. The van der Waals surface area contributed by atoms with E-state index in [2.05, 4.69) is 4.98 Å². The first-order chi connectivity index (χ1) is 8.09. The lowest BCUT2D eigenvalue weighted by atomic mass is 10.2. The van der Waals surface area contributed by atoms with Crippen LogP contribution in [0.15, 0.2) is 29.1 Å². The predicted molar refractivity (Wildman–Crippen MR) is 59.5 cm³/mol. The minimum absolute atomic E-state index is 0.0684. The second-order valence-corrected chi connectivity index (χ2v) is 3.59. The molecule has 2 N–H and O–H groups in total. The summed E-state index contributed by atoms with van der Waals surface area (Å²) in [5, 5.41) is 10.8. The third-order valence-corrected chi connectivity index (χ3v) is 2.43. The van der Waals surface area contributed by atoms with Crippen molar-refractivity contribution in [3.63, 3.8) is 0 Å². The Balaban J connectivity index is 2.54. The number of carbonyl (C=O) groups is 1. The summed E-state index contributed by atoms with van der Waals surface area (Å²) in [6, 6.07) is 6.76. The number of carboxylic acid groups (broad SMARTS) is 1. The van der Waals surface area contributed by atoms with Gasteiger partial charge in [0.2, 0.25) is 0 Å². The number of aryl methyl sites for hydroxylation is 1. The Labute approximate surface area is 96.3 Å². The van der Waals surface area contributed by atoms with Gasteiger partial charge in [0.25, 0.3) is 5.56 Å². The zero-order valence-electron chi connectivity index (χ0n) is 8.92. The first-order valence-electron chi connectivity index (χ1n) is 5.05. The molecule has 0 aliphatic heterocycles. The van der Waals surface area contributed by atoms with Crippen LogP contribution in [-0.4, -0.2) is 15.6 Å². The second-order valence-electron chi connectivity index (χ2n) is 3.59. The molecule has 0 atom stereocenters. The second kappa shape index (κ2) is 4.25. The van der Waals surface area contributed by atoms with Gasteiger partial charge in [-0.1, -0.05) is 12.1 Å². The zero-order valence-corrected chi connectivity index (χ0v) is 8.92. The molecule has 2 aromatic rings. The van der Waals surface area contributed by atoms with Crippen molar-refractivity contribution < 1.29 is 9.90 Å². The van der Waals surface area contributed by atoms with Crippen molar-refractivity contribution in [1.29, 1.82) is 0 Å². The summed E-state index contributed by atoms with van der Waals surface area (Å²) in [7, 11) is 0. The summed E-state index contributed by atoms with van der Waals surface area (Å²) in [4.78, 5) is 26.3. The summed E-state index contributed by atoms with van der Waals surface area (Å²) in [6.45, 7) is 0. The normalized spacial score (nSPS) is 10.6. The number of fused-ring (bicyclic) bond motifs is 1. The number of benzene rings is 1. The molecule has 0 unspecified atom stereocenters. The summed E-state index contributed by atoms with van der Waals surface area (Å²) < 4.78 is 0.880. The number of rotatable bonds is 3. The Kier molecular flexibility index (Phi) is 2.78. The number of hydrogen-bond donors (Lipinski definition) is 1. The molecule has 6 heteroatoms. The van der Waals surface area contributed by atoms with E-state index in [0.29, 0.717) is 10.9 Å². The topological polar surface area (TPSA) is 101 Å². The van der Waals surface area contributed by atoms with E-state index in [9.17, 15) is 14.7 Å². The highest BCUT2D eigenvalue weighted by molar-refractivity contribution is 5.77. The maximum Gasteiger partial charge on any atom is 0.279 e. The van der Waals surface area contributed by atoms with E-state index in [0.717, 1.165) is 4.68 Å². The average molecular weight is 232 g/mol. The molecule has 2 rings (SSSR count). The largest absolute Gasteiger partial charge is 0.550 e. The molecule has 0 amide bonds. The van der Waals surface area contributed by atoms with Crippen molar-refractivity contribution in [1.82, 2.24) is 9.66 Å². The van der Waals surface area contributed by atoms with Gasteiger partial charge in [0.1, 0.15) is 5.82 Å². The summed E-state index contributed by atoms with van der Waals surface area (Å²) >= 11 is 0. The Morgan fingerprint density at radius 2 is 2.12 bits per heavy atom. The molecular formula is C11H10N3O3-. The van der Waals surface area contributed by atoms with Crippen LogP contribution in [0.1, 0.15) is 12.2 Å². The minimum Gasteiger partial charge on any atom is -0.550 e. The van der Waals surface area contributed by atoms with Gasteiger partial charge in [-0.15, -0.1) is 0 Å². The highest BCUT2D eigenvalue weighted by Crippen LogP contribution is 2.07. The molecule has 0 saturated heterocycles. The van der Waals surface area contributed by atoms with Crippen LogP contribution in [0.2, 0.25) is 0 Å². The summed E-state index contributed by atoms with van der Waals surface area (Å²) in [5.41, 5.74) is 0.122. The Morgan fingerprint density at radius 1 is 1.41 bits per heavy atom. The molecule has 1 heterocycles. The maximum absolute atomic E-state index is 11.8. The Morgan fingerprint density at radius 3 is 2.82 bits per heavy atom. The predicted octanol–water partition coefficient (Wildman–Crippen LogP) is -1.21. The van der Waals surface area contributed by atoms with Gasteiger partial charge in [-0.2, -0.15) is 0 Å². The van der Waals surface area contributed by atoms with Crippen LogP contribution in [0, 0.1) is 0 Å². The number of carboxylic acids is 1. The molecule has 0 bridgehead atoms. The van der Waals surface area contributed by atoms with Gasteiger partial charge in [0.05, 0.1) is 10.9 Å². The molecule has 0 radical (unpaired) electrons. The molecule has 0 saturated carbocycles. The van der Waals surface area contributed by atoms with Crippen LogP contribution in [0.5, 0.6) is 0 Å². The molecule has 0 fully saturated rings. The number of hydrogen-bond acceptors (Lipinski definition) is 5. The number of nitrogens with zero attached hydrogens (tertiary/aromatic N) is 2. The number of para-hydroxylation sites is 1.